The van der Waals surface area contributed by atoms with E-state index in [1.165, 1.54) is 40.1 Å². The zero-order valence-electron chi connectivity index (χ0n) is 15.8. The molecule has 0 aliphatic heterocycles. The Morgan fingerprint density at radius 2 is 1.97 bits per heavy atom. The third kappa shape index (κ3) is 7.88. The number of amides is 1. The highest BCUT2D eigenvalue weighted by molar-refractivity contribution is 8.01. The third-order valence-electron chi connectivity index (χ3n) is 3.85. The number of hydrogen-bond donors (Lipinski definition) is 2. The molecule has 0 aliphatic carbocycles. The van der Waals surface area contributed by atoms with Crippen molar-refractivity contribution in [3.05, 3.63) is 52.2 Å². The number of thioether (sulfide) groups is 1. The molecule has 0 saturated heterocycles. The smallest absolute Gasteiger partial charge is 0.387 e. The van der Waals surface area contributed by atoms with Crippen LogP contribution in [0, 0.1) is 0 Å². The van der Waals surface area contributed by atoms with Crippen LogP contribution in [0.4, 0.5) is 13.9 Å². The number of carbonyl (C=O) groups is 1. The van der Waals surface area contributed by atoms with Gasteiger partial charge in [-0.15, -0.1) is 21.5 Å². The van der Waals surface area contributed by atoms with Crippen LogP contribution in [0.25, 0.3) is 0 Å². The van der Waals surface area contributed by atoms with Crippen LogP contribution in [0.5, 0.6) is 5.75 Å². The van der Waals surface area contributed by atoms with Gasteiger partial charge in [0, 0.05) is 18.0 Å². The van der Waals surface area contributed by atoms with Crippen molar-refractivity contribution in [2.24, 2.45) is 0 Å². The molecule has 160 valence electrons. The van der Waals surface area contributed by atoms with E-state index in [0.29, 0.717) is 13.0 Å². The molecule has 0 bridgehead atoms. The quantitative estimate of drug-likeness (QED) is 0.384. The summed E-state index contributed by atoms with van der Waals surface area (Å²) >= 11 is 4.50. The summed E-state index contributed by atoms with van der Waals surface area (Å²) in [7, 11) is 0. The first kappa shape index (κ1) is 22.4. The van der Waals surface area contributed by atoms with Gasteiger partial charge in [-0.05, 0) is 42.0 Å². The molecular weight excluding hydrogens is 450 g/mol. The number of alkyl halides is 2. The van der Waals surface area contributed by atoms with E-state index in [4.69, 9.17) is 0 Å². The van der Waals surface area contributed by atoms with Crippen molar-refractivity contribution in [2.45, 2.75) is 23.8 Å². The summed E-state index contributed by atoms with van der Waals surface area (Å²) in [5.74, 6) is 0.275. The Morgan fingerprint density at radius 3 is 2.70 bits per heavy atom. The second-order valence-corrected chi connectivity index (χ2v) is 9.27. The van der Waals surface area contributed by atoms with Crippen LogP contribution in [-0.4, -0.2) is 41.6 Å². The predicted molar refractivity (Wildman–Crippen MR) is 117 cm³/mol. The number of anilines is 1. The van der Waals surface area contributed by atoms with Crippen molar-refractivity contribution < 1.29 is 18.3 Å². The molecule has 11 heteroatoms. The normalized spacial score (nSPS) is 10.9. The molecule has 2 heterocycles. The van der Waals surface area contributed by atoms with Crippen molar-refractivity contribution in [2.75, 3.05) is 24.2 Å². The van der Waals surface area contributed by atoms with Gasteiger partial charge in [0.05, 0.1) is 5.75 Å². The Balaban J connectivity index is 1.30. The van der Waals surface area contributed by atoms with Crippen LogP contribution in [0.1, 0.15) is 10.4 Å². The standard InChI is InChI=1S/C19H20F2N4O2S3/c20-17(21)27-14-5-3-13(4-6-14)7-9-22-16(26)12-29-19-25-24-18(30-19)23-10-8-15-2-1-11-28-15/h1-6,11,17H,7-10,12H2,(H,22,26)(H,23,24). The Morgan fingerprint density at radius 1 is 1.13 bits per heavy atom. The van der Waals surface area contributed by atoms with Crippen LogP contribution in [0.3, 0.4) is 0 Å². The number of carbonyl (C=O) groups excluding carboxylic acids is 1. The van der Waals surface area contributed by atoms with Crippen LogP contribution >= 0.6 is 34.4 Å². The van der Waals surface area contributed by atoms with Gasteiger partial charge < -0.3 is 15.4 Å². The summed E-state index contributed by atoms with van der Waals surface area (Å²) in [6, 6.07) is 10.5. The highest BCUT2D eigenvalue weighted by atomic mass is 32.2. The fourth-order valence-corrected chi connectivity index (χ4v) is 4.77. The molecule has 3 aromatic rings. The number of rotatable bonds is 12. The van der Waals surface area contributed by atoms with Gasteiger partial charge in [0.15, 0.2) is 4.34 Å². The molecule has 0 fully saturated rings. The summed E-state index contributed by atoms with van der Waals surface area (Å²) in [5, 5.41) is 17.1. The lowest BCUT2D eigenvalue weighted by atomic mass is 10.1. The average molecular weight is 471 g/mol. The zero-order valence-corrected chi connectivity index (χ0v) is 18.3. The largest absolute Gasteiger partial charge is 0.435 e. The minimum atomic E-state index is -2.83. The zero-order chi connectivity index (χ0) is 21.2. The van der Waals surface area contributed by atoms with Crippen molar-refractivity contribution >= 4 is 45.5 Å². The van der Waals surface area contributed by atoms with Gasteiger partial charge in [0.1, 0.15) is 5.75 Å². The van der Waals surface area contributed by atoms with Gasteiger partial charge in [-0.2, -0.15) is 8.78 Å². The minimum absolute atomic E-state index is 0.0972. The van der Waals surface area contributed by atoms with Crippen LogP contribution in [0.2, 0.25) is 0 Å². The van der Waals surface area contributed by atoms with E-state index in [-0.39, 0.29) is 17.4 Å². The molecule has 0 spiro atoms. The van der Waals surface area contributed by atoms with E-state index >= 15 is 0 Å². The Hall–Kier alpha value is -2.24. The highest BCUT2D eigenvalue weighted by Crippen LogP contribution is 2.25. The molecule has 6 nitrogen and oxygen atoms in total. The summed E-state index contributed by atoms with van der Waals surface area (Å²) in [4.78, 5) is 13.3. The number of nitrogens with one attached hydrogen (secondary N) is 2. The first-order chi connectivity index (χ1) is 14.6. The van der Waals surface area contributed by atoms with E-state index in [0.717, 1.165) is 28.0 Å². The van der Waals surface area contributed by atoms with E-state index in [1.807, 2.05) is 6.07 Å². The van der Waals surface area contributed by atoms with Gasteiger partial charge in [-0.1, -0.05) is 41.3 Å². The monoisotopic (exact) mass is 470 g/mol. The molecule has 3 rings (SSSR count). The van der Waals surface area contributed by atoms with Crippen LogP contribution < -0.4 is 15.4 Å². The summed E-state index contributed by atoms with van der Waals surface area (Å²) in [5.41, 5.74) is 0.923. The predicted octanol–water partition coefficient (Wildman–Crippen LogP) is 4.31. The summed E-state index contributed by atoms with van der Waals surface area (Å²) < 4.78 is 29.3. The lowest BCUT2D eigenvalue weighted by molar-refractivity contribution is -0.118. The maximum absolute atomic E-state index is 12.1. The molecule has 0 aliphatic rings. The number of ether oxygens (including phenoxy) is 1. The summed E-state index contributed by atoms with van der Waals surface area (Å²) in [6.07, 6.45) is 1.53. The van der Waals surface area contributed by atoms with Gasteiger partial charge in [-0.25, -0.2) is 0 Å². The SMILES string of the molecule is O=C(CSc1nnc(NCCc2cccs2)s1)NCCc1ccc(OC(F)F)cc1. The number of halogens is 2. The topological polar surface area (TPSA) is 76.1 Å². The van der Waals surface area contributed by atoms with Gasteiger partial charge in [0.25, 0.3) is 0 Å². The molecule has 1 aromatic carbocycles. The number of nitrogens with zero attached hydrogens (tertiary/aromatic N) is 2. The molecule has 0 saturated carbocycles. The minimum Gasteiger partial charge on any atom is -0.435 e. The third-order valence-corrected chi connectivity index (χ3v) is 6.80. The molecular formula is C19H20F2N4O2S3. The second-order valence-electron chi connectivity index (χ2n) is 6.04. The van der Waals surface area contributed by atoms with Gasteiger partial charge >= 0.3 is 6.61 Å². The fourth-order valence-electron chi connectivity index (χ4n) is 2.45. The van der Waals surface area contributed by atoms with Crippen molar-refractivity contribution in [1.29, 1.82) is 0 Å². The second kappa shape index (κ2) is 11.8. The molecule has 2 N–H and O–H groups in total. The van der Waals surface area contributed by atoms with E-state index in [2.05, 4.69) is 37.0 Å². The van der Waals surface area contributed by atoms with E-state index < -0.39 is 6.61 Å². The van der Waals surface area contributed by atoms with Crippen molar-refractivity contribution in [1.82, 2.24) is 15.5 Å². The first-order valence-electron chi connectivity index (χ1n) is 9.11. The van der Waals surface area contributed by atoms with Crippen LogP contribution in [-0.2, 0) is 17.6 Å². The number of aromatic nitrogens is 2. The number of benzene rings is 1. The molecule has 2 aromatic heterocycles. The fraction of sp³-hybridized carbons (Fsp3) is 0.316. The average Bonchev–Trinajstić information content (AvgIpc) is 3.40. The molecule has 0 radical (unpaired) electrons. The lowest BCUT2D eigenvalue weighted by Gasteiger charge is -2.07. The first-order valence-corrected chi connectivity index (χ1v) is 11.8. The van der Waals surface area contributed by atoms with Gasteiger partial charge in [-0.3, -0.25) is 4.79 Å². The molecule has 0 unspecified atom stereocenters. The lowest BCUT2D eigenvalue weighted by Crippen LogP contribution is -2.27. The summed E-state index contributed by atoms with van der Waals surface area (Å²) in [6.45, 7) is -1.59. The Bertz CT molecular complexity index is 905. The van der Waals surface area contributed by atoms with Gasteiger partial charge in [0.2, 0.25) is 11.0 Å². The highest BCUT2D eigenvalue weighted by Gasteiger charge is 2.08. The van der Waals surface area contributed by atoms with Crippen molar-refractivity contribution in [3.8, 4) is 5.75 Å². The maximum atomic E-state index is 12.1. The molecule has 30 heavy (non-hydrogen) atoms. The van der Waals surface area contributed by atoms with E-state index in [9.17, 15) is 13.6 Å². The van der Waals surface area contributed by atoms with Crippen LogP contribution in [0.15, 0.2) is 46.1 Å². The Labute approximate surface area is 185 Å². The molecule has 1 amide bonds. The maximum Gasteiger partial charge on any atom is 0.387 e. The Kier molecular flexibility index (Phi) is 8.84. The van der Waals surface area contributed by atoms with Crippen molar-refractivity contribution in [3.63, 3.8) is 0 Å². The number of hydrogen-bond acceptors (Lipinski definition) is 8. The van der Waals surface area contributed by atoms with E-state index in [1.54, 1.807) is 23.5 Å². The number of thiophene rings is 1. The molecule has 0 atom stereocenters.